The van der Waals surface area contributed by atoms with Gasteiger partial charge in [-0.05, 0) is 60.0 Å². The molecule has 0 bridgehead atoms. The minimum Gasteiger partial charge on any atom is -0.313 e. The molecule has 1 aliphatic carbocycles. The van der Waals surface area contributed by atoms with Crippen LogP contribution >= 0.6 is 0 Å². The fraction of sp³-hybridized carbons (Fsp3) is 0.0811. The summed E-state index contributed by atoms with van der Waals surface area (Å²) in [7, 11) is 0. The number of nitrogens with zero attached hydrogens (tertiary/aromatic N) is 2. The second-order valence-electron chi connectivity index (χ2n) is 10.7. The van der Waals surface area contributed by atoms with Gasteiger partial charge in [-0.2, -0.15) is 0 Å². The minimum atomic E-state index is 0.491. The average Bonchev–Trinajstić information content (AvgIpc) is 3.52. The molecule has 8 rings (SSSR count). The highest BCUT2D eigenvalue weighted by molar-refractivity contribution is 6.09. The van der Waals surface area contributed by atoms with Crippen molar-refractivity contribution in [2.75, 3.05) is 0 Å². The van der Waals surface area contributed by atoms with E-state index in [0.29, 0.717) is 5.92 Å². The van der Waals surface area contributed by atoms with E-state index >= 15 is 0 Å². The molecule has 7 aromatic rings. The third-order valence-electron chi connectivity index (χ3n) is 8.36. The maximum atomic E-state index is 2.47. The maximum Gasteiger partial charge on any atom is 0.0541 e. The summed E-state index contributed by atoms with van der Waals surface area (Å²) in [4.78, 5) is 0. The van der Waals surface area contributed by atoms with Crippen LogP contribution in [0.4, 0.5) is 0 Å². The Balaban J connectivity index is 1.19. The number of benzene rings is 5. The predicted molar refractivity (Wildman–Crippen MR) is 165 cm³/mol. The van der Waals surface area contributed by atoms with Crippen molar-refractivity contribution >= 4 is 38.8 Å². The number of para-hydroxylation sites is 3. The number of fused-ring (bicyclic) bond motifs is 6. The van der Waals surface area contributed by atoms with Gasteiger partial charge in [0.05, 0.1) is 16.6 Å². The fourth-order valence-corrected chi connectivity index (χ4v) is 6.53. The van der Waals surface area contributed by atoms with Crippen molar-refractivity contribution in [3.05, 3.63) is 139 Å². The highest BCUT2D eigenvalue weighted by Crippen LogP contribution is 2.39. The number of allylic oxidation sites excluding steroid dienone is 1. The van der Waals surface area contributed by atoms with Crippen LogP contribution in [-0.4, -0.2) is 9.13 Å². The van der Waals surface area contributed by atoms with Crippen LogP contribution in [0.3, 0.4) is 0 Å². The standard InChI is InChI=1S/C37H28N2/c1-25-9-8-13-33-32-12-4-7-16-36(32)39(37(25)33)29-23-19-27(20-24-29)26-17-21-28(22-18-26)38-34-14-5-2-10-30(34)31-11-3-6-15-35(31)38/h2-8,10-25H,9H2,1H3. The molecule has 1 unspecified atom stereocenters. The minimum absolute atomic E-state index is 0.491. The molecular weight excluding hydrogens is 472 g/mol. The van der Waals surface area contributed by atoms with Gasteiger partial charge in [0.2, 0.25) is 0 Å². The molecule has 1 aliphatic rings. The molecule has 5 aromatic carbocycles. The van der Waals surface area contributed by atoms with E-state index in [-0.39, 0.29) is 0 Å². The Morgan fingerprint density at radius 3 is 1.54 bits per heavy atom. The first-order valence-corrected chi connectivity index (χ1v) is 13.8. The first kappa shape index (κ1) is 22.2. The zero-order valence-electron chi connectivity index (χ0n) is 21.9. The van der Waals surface area contributed by atoms with Crippen LogP contribution in [0.15, 0.2) is 127 Å². The number of rotatable bonds is 3. The maximum absolute atomic E-state index is 2.47. The summed E-state index contributed by atoms with van der Waals surface area (Å²) < 4.78 is 4.83. The summed E-state index contributed by atoms with van der Waals surface area (Å²) in [6.45, 7) is 2.34. The molecular formula is C37H28N2. The Bertz CT molecular complexity index is 1980. The Labute approximate surface area is 228 Å². The van der Waals surface area contributed by atoms with Crippen LogP contribution in [0.1, 0.15) is 30.5 Å². The Morgan fingerprint density at radius 2 is 0.974 bits per heavy atom. The molecule has 0 fully saturated rings. The van der Waals surface area contributed by atoms with Gasteiger partial charge in [-0.3, -0.25) is 0 Å². The largest absolute Gasteiger partial charge is 0.313 e. The van der Waals surface area contributed by atoms with E-state index in [1.54, 1.807) is 0 Å². The van der Waals surface area contributed by atoms with Gasteiger partial charge in [0.25, 0.3) is 0 Å². The van der Waals surface area contributed by atoms with Crippen LogP contribution in [0.5, 0.6) is 0 Å². The lowest BCUT2D eigenvalue weighted by atomic mass is 9.93. The molecule has 39 heavy (non-hydrogen) atoms. The summed E-state index contributed by atoms with van der Waals surface area (Å²) in [6.07, 6.45) is 5.71. The van der Waals surface area contributed by atoms with Crippen molar-refractivity contribution in [1.82, 2.24) is 9.13 Å². The lowest BCUT2D eigenvalue weighted by Crippen LogP contribution is -2.06. The predicted octanol–water partition coefficient (Wildman–Crippen LogP) is 9.91. The molecule has 0 amide bonds. The van der Waals surface area contributed by atoms with Crippen LogP contribution in [0.25, 0.3) is 61.3 Å². The van der Waals surface area contributed by atoms with Crippen molar-refractivity contribution in [2.45, 2.75) is 19.3 Å². The summed E-state index contributed by atoms with van der Waals surface area (Å²) in [6, 6.07) is 44.2. The molecule has 2 heterocycles. The number of aromatic nitrogens is 2. The third kappa shape index (κ3) is 3.35. The van der Waals surface area contributed by atoms with E-state index in [9.17, 15) is 0 Å². The SMILES string of the molecule is CC1CC=Cc2c1n(-c1ccc(-c3ccc(-n4c5ccccc5c5ccccc54)cc3)cc1)c1ccccc21. The van der Waals surface area contributed by atoms with Crippen LogP contribution in [-0.2, 0) is 0 Å². The van der Waals surface area contributed by atoms with E-state index in [4.69, 9.17) is 0 Å². The highest BCUT2D eigenvalue weighted by atomic mass is 15.0. The highest BCUT2D eigenvalue weighted by Gasteiger charge is 2.23. The average molecular weight is 501 g/mol. The Morgan fingerprint density at radius 1 is 0.513 bits per heavy atom. The van der Waals surface area contributed by atoms with Gasteiger partial charge in [-0.15, -0.1) is 0 Å². The third-order valence-corrected chi connectivity index (χ3v) is 8.36. The van der Waals surface area contributed by atoms with Crippen molar-refractivity contribution in [3.8, 4) is 22.5 Å². The molecule has 2 heteroatoms. The van der Waals surface area contributed by atoms with Gasteiger partial charge in [0.1, 0.15) is 0 Å². The summed E-state index contributed by atoms with van der Waals surface area (Å²) in [5.74, 6) is 0.491. The van der Waals surface area contributed by atoms with Gasteiger partial charge >= 0.3 is 0 Å². The van der Waals surface area contributed by atoms with E-state index in [0.717, 1.165) is 6.42 Å². The molecule has 2 nitrogen and oxygen atoms in total. The van der Waals surface area contributed by atoms with Crippen LogP contribution in [0.2, 0.25) is 0 Å². The lowest BCUT2D eigenvalue weighted by Gasteiger charge is -2.19. The molecule has 2 aromatic heterocycles. The van der Waals surface area contributed by atoms with Crippen LogP contribution in [0, 0.1) is 0 Å². The lowest BCUT2D eigenvalue weighted by molar-refractivity contribution is 0.723. The van der Waals surface area contributed by atoms with E-state index < -0.39 is 0 Å². The molecule has 0 radical (unpaired) electrons. The fourth-order valence-electron chi connectivity index (χ4n) is 6.53. The normalized spacial score (nSPS) is 14.8. The monoisotopic (exact) mass is 500 g/mol. The second-order valence-corrected chi connectivity index (χ2v) is 10.7. The topological polar surface area (TPSA) is 9.86 Å². The summed E-state index contributed by atoms with van der Waals surface area (Å²) in [5.41, 5.74) is 11.4. The quantitative estimate of drug-likeness (QED) is 0.228. The number of hydrogen-bond donors (Lipinski definition) is 0. The van der Waals surface area contributed by atoms with Crippen LogP contribution < -0.4 is 0 Å². The zero-order valence-corrected chi connectivity index (χ0v) is 21.9. The molecule has 1 atom stereocenters. The first-order chi connectivity index (χ1) is 19.3. The smallest absolute Gasteiger partial charge is 0.0541 e. The number of hydrogen-bond acceptors (Lipinski definition) is 0. The van der Waals surface area contributed by atoms with E-state index in [2.05, 4.69) is 150 Å². The molecule has 0 N–H and O–H groups in total. The Kier molecular flexibility index (Phi) is 4.90. The Hall–Kier alpha value is -4.82. The van der Waals surface area contributed by atoms with E-state index in [1.807, 2.05) is 0 Å². The summed E-state index contributed by atoms with van der Waals surface area (Å²) >= 11 is 0. The molecule has 0 saturated heterocycles. The van der Waals surface area contributed by atoms with Crippen molar-refractivity contribution in [3.63, 3.8) is 0 Å². The van der Waals surface area contributed by atoms with Gasteiger partial charge in [0.15, 0.2) is 0 Å². The van der Waals surface area contributed by atoms with Crippen molar-refractivity contribution in [1.29, 1.82) is 0 Å². The molecule has 0 aliphatic heterocycles. The molecule has 0 saturated carbocycles. The van der Waals surface area contributed by atoms with E-state index in [1.165, 1.54) is 66.5 Å². The second kappa shape index (κ2) is 8.61. The van der Waals surface area contributed by atoms with Crippen molar-refractivity contribution < 1.29 is 0 Å². The molecule has 186 valence electrons. The molecule has 0 spiro atoms. The van der Waals surface area contributed by atoms with Gasteiger partial charge in [-0.1, -0.05) is 97.9 Å². The zero-order chi connectivity index (χ0) is 25.9. The van der Waals surface area contributed by atoms with Gasteiger partial charge in [0, 0.05) is 44.7 Å². The summed E-state index contributed by atoms with van der Waals surface area (Å²) in [5, 5.41) is 3.91. The first-order valence-electron chi connectivity index (χ1n) is 13.8. The van der Waals surface area contributed by atoms with Crippen molar-refractivity contribution in [2.24, 2.45) is 0 Å². The van der Waals surface area contributed by atoms with Gasteiger partial charge < -0.3 is 9.13 Å². The van der Waals surface area contributed by atoms with Gasteiger partial charge in [-0.25, -0.2) is 0 Å².